The van der Waals surface area contributed by atoms with Crippen molar-refractivity contribution in [2.45, 2.75) is 56.8 Å². The summed E-state index contributed by atoms with van der Waals surface area (Å²) in [4.78, 5) is 2.76. The molecule has 1 aliphatic carbocycles. The van der Waals surface area contributed by atoms with Gasteiger partial charge in [0.15, 0.2) is 0 Å². The van der Waals surface area contributed by atoms with Crippen molar-refractivity contribution < 1.29 is 22.0 Å². The van der Waals surface area contributed by atoms with Gasteiger partial charge in [-0.15, -0.1) is 0 Å². The van der Waals surface area contributed by atoms with Gasteiger partial charge in [-0.3, -0.25) is 0 Å². The zero-order valence-corrected chi connectivity index (χ0v) is 26.7. The predicted octanol–water partition coefficient (Wildman–Crippen LogP) is 7.65. The maximum absolute atomic E-state index is 11.8. The monoisotopic (exact) mass is 625 g/mol. The standard InChI is InChI=1S/C35H35N3O4S2/c1-4-36-30-20-27(37-16-15-26-9-5-6-10-28(26)37)13-14-31(30)42-33(36)18-24-17-25(22-35(2,3)21-24)19-34-38(23-44(39,40)41)29-11-7-8-12-32(29)43-34/h5-18,20,34H,4,19,21-23H2,1-3H3/b24-18-. The molecule has 2 aliphatic rings. The largest absolute Gasteiger partial charge is 0.747 e. The van der Waals surface area contributed by atoms with Crippen LogP contribution >= 0.6 is 11.8 Å². The van der Waals surface area contributed by atoms with E-state index in [9.17, 15) is 13.0 Å². The van der Waals surface area contributed by atoms with Gasteiger partial charge in [0.25, 0.3) is 5.52 Å². The Labute approximate surface area is 262 Å². The molecule has 9 heteroatoms. The lowest BCUT2D eigenvalue weighted by Crippen LogP contribution is -2.35. The molecule has 1 atom stereocenters. The van der Waals surface area contributed by atoms with Gasteiger partial charge in [-0.2, -0.15) is 4.57 Å². The number of thioether (sulfide) groups is 1. The third kappa shape index (κ3) is 5.60. The quantitative estimate of drug-likeness (QED) is 0.137. The highest BCUT2D eigenvalue weighted by molar-refractivity contribution is 8.00. The molecule has 44 heavy (non-hydrogen) atoms. The van der Waals surface area contributed by atoms with Crippen molar-refractivity contribution in [1.82, 2.24) is 4.57 Å². The molecule has 1 aliphatic heterocycles. The number of oxazole rings is 1. The van der Waals surface area contributed by atoms with Crippen LogP contribution in [0.1, 0.15) is 45.9 Å². The molecule has 3 aromatic carbocycles. The Morgan fingerprint density at radius 3 is 2.68 bits per heavy atom. The zero-order valence-electron chi connectivity index (χ0n) is 25.1. The van der Waals surface area contributed by atoms with E-state index in [-0.39, 0.29) is 10.8 Å². The smallest absolute Gasteiger partial charge is 0.374 e. The lowest BCUT2D eigenvalue weighted by molar-refractivity contribution is -0.674. The van der Waals surface area contributed by atoms with Gasteiger partial charge in [0.05, 0.1) is 28.3 Å². The van der Waals surface area contributed by atoms with Crippen LogP contribution in [-0.2, 0) is 16.7 Å². The summed E-state index contributed by atoms with van der Waals surface area (Å²) in [5.74, 6) is 0.277. The van der Waals surface area contributed by atoms with Crippen molar-refractivity contribution in [1.29, 1.82) is 0 Å². The van der Waals surface area contributed by atoms with Crippen molar-refractivity contribution in [3.05, 3.63) is 102 Å². The van der Waals surface area contributed by atoms with E-state index in [1.165, 1.54) is 16.5 Å². The lowest BCUT2D eigenvalue weighted by Gasteiger charge is -2.34. The fraction of sp³-hybridized carbons (Fsp3) is 0.286. The molecule has 0 bridgehead atoms. The van der Waals surface area contributed by atoms with Crippen LogP contribution in [0.3, 0.4) is 0 Å². The lowest BCUT2D eigenvalue weighted by atomic mass is 9.74. The van der Waals surface area contributed by atoms with Crippen LogP contribution in [0, 0.1) is 5.41 Å². The molecule has 7 rings (SSSR count). The third-order valence-corrected chi connectivity index (χ3v) is 10.4. The number of benzene rings is 3. The van der Waals surface area contributed by atoms with Crippen LogP contribution in [0.5, 0.6) is 0 Å². The van der Waals surface area contributed by atoms with Gasteiger partial charge in [-0.25, -0.2) is 8.42 Å². The van der Waals surface area contributed by atoms with Crippen LogP contribution in [-0.4, -0.2) is 28.8 Å². The summed E-state index contributed by atoms with van der Waals surface area (Å²) in [5.41, 5.74) is 7.39. The van der Waals surface area contributed by atoms with E-state index in [4.69, 9.17) is 4.42 Å². The maximum atomic E-state index is 11.8. The molecule has 0 fully saturated rings. The average Bonchev–Trinajstić information content (AvgIpc) is 3.64. The van der Waals surface area contributed by atoms with Gasteiger partial charge < -0.3 is 18.4 Å². The predicted molar refractivity (Wildman–Crippen MR) is 176 cm³/mol. The summed E-state index contributed by atoms with van der Waals surface area (Å²) < 4.78 is 46.4. The van der Waals surface area contributed by atoms with Crippen LogP contribution < -0.4 is 9.47 Å². The highest BCUT2D eigenvalue weighted by Gasteiger charge is 2.34. The van der Waals surface area contributed by atoms with E-state index < -0.39 is 16.0 Å². The Bertz CT molecular complexity index is 2070. The molecule has 5 aromatic rings. The highest BCUT2D eigenvalue weighted by Crippen LogP contribution is 2.48. The molecule has 226 valence electrons. The molecule has 1 unspecified atom stereocenters. The van der Waals surface area contributed by atoms with Crippen LogP contribution in [0.15, 0.2) is 106 Å². The molecule has 3 heterocycles. The summed E-state index contributed by atoms with van der Waals surface area (Å²) in [5, 5.41) is 1.04. The Hall–Kier alpha value is -3.79. The summed E-state index contributed by atoms with van der Waals surface area (Å²) in [7, 11) is -4.43. The first kappa shape index (κ1) is 29.0. The first-order valence-electron chi connectivity index (χ1n) is 15.0. The minimum atomic E-state index is -4.43. The normalized spacial score (nSPS) is 19.2. The van der Waals surface area contributed by atoms with Gasteiger partial charge in [0.1, 0.15) is 22.5 Å². The van der Waals surface area contributed by atoms with E-state index in [0.717, 1.165) is 58.2 Å². The maximum Gasteiger partial charge on any atom is 0.374 e. The molecular formula is C35H35N3O4S2. The number of hydrogen-bond acceptors (Lipinski definition) is 6. The number of aryl methyl sites for hydroxylation is 1. The van der Waals surface area contributed by atoms with Crippen molar-refractivity contribution in [2.75, 3.05) is 10.8 Å². The van der Waals surface area contributed by atoms with Crippen molar-refractivity contribution in [3.8, 4) is 5.69 Å². The molecular weight excluding hydrogens is 591 g/mol. The number of hydrogen-bond donors (Lipinski definition) is 0. The van der Waals surface area contributed by atoms with Crippen LogP contribution in [0.2, 0.25) is 0 Å². The third-order valence-electron chi connectivity index (χ3n) is 8.51. The number of rotatable bonds is 7. The van der Waals surface area contributed by atoms with Gasteiger partial charge in [-0.1, -0.05) is 67.6 Å². The number of fused-ring (bicyclic) bond motifs is 3. The molecule has 2 aromatic heterocycles. The van der Waals surface area contributed by atoms with Crippen molar-refractivity contribution in [2.24, 2.45) is 5.41 Å². The van der Waals surface area contributed by atoms with Gasteiger partial charge in [0.2, 0.25) is 5.58 Å². The van der Waals surface area contributed by atoms with E-state index >= 15 is 0 Å². The number of para-hydroxylation sites is 2. The summed E-state index contributed by atoms with van der Waals surface area (Å²) in [6.07, 6.45) is 8.98. The first-order valence-corrected chi connectivity index (χ1v) is 17.4. The molecule has 7 nitrogen and oxygen atoms in total. The second kappa shape index (κ2) is 11.0. The zero-order chi connectivity index (χ0) is 30.6. The van der Waals surface area contributed by atoms with Gasteiger partial charge >= 0.3 is 5.89 Å². The minimum absolute atomic E-state index is 0.0210. The van der Waals surface area contributed by atoms with E-state index in [2.05, 4.69) is 90.7 Å². The molecule has 0 saturated carbocycles. The van der Waals surface area contributed by atoms with Gasteiger partial charge in [0, 0.05) is 17.2 Å². The van der Waals surface area contributed by atoms with E-state index in [0.29, 0.717) is 6.42 Å². The fourth-order valence-electron chi connectivity index (χ4n) is 6.82. The first-order chi connectivity index (χ1) is 21.1. The van der Waals surface area contributed by atoms with Crippen LogP contribution in [0.25, 0.3) is 33.8 Å². The minimum Gasteiger partial charge on any atom is -0.747 e. The summed E-state index contributed by atoms with van der Waals surface area (Å²) >= 11 is 1.63. The Morgan fingerprint density at radius 1 is 1.07 bits per heavy atom. The van der Waals surface area contributed by atoms with Crippen molar-refractivity contribution in [3.63, 3.8) is 0 Å². The number of anilines is 1. The van der Waals surface area contributed by atoms with E-state index in [1.807, 2.05) is 30.3 Å². The molecule has 0 saturated heterocycles. The Morgan fingerprint density at radius 2 is 1.86 bits per heavy atom. The average molecular weight is 626 g/mol. The number of aromatic nitrogens is 2. The molecule has 0 N–H and O–H groups in total. The molecule has 0 radical (unpaired) electrons. The van der Waals surface area contributed by atoms with Crippen LogP contribution in [0.4, 0.5) is 5.69 Å². The SMILES string of the molecule is CC[n+]1c(/C=C2/C=C(CC3Sc4ccccc4N3CS(=O)(=O)[O-])CC(C)(C)C2)oc2ccc(-n3ccc4ccccc43)cc21. The number of allylic oxidation sites excluding steroid dienone is 2. The van der Waals surface area contributed by atoms with Gasteiger partial charge in [-0.05, 0) is 79.0 Å². The highest BCUT2D eigenvalue weighted by atomic mass is 32.2. The topological polar surface area (TPSA) is 82.4 Å². The van der Waals surface area contributed by atoms with E-state index in [1.54, 1.807) is 16.7 Å². The Balaban J connectivity index is 1.22. The summed E-state index contributed by atoms with van der Waals surface area (Å²) in [6.45, 7) is 7.43. The molecule has 0 amide bonds. The molecule has 0 spiro atoms. The second-order valence-corrected chi connectivity index (χ2v) is 15.1. The second-order valence-electron chi connectivity index (χ2n) is 12.5. The number of nitrogens with zero attached hydrogens (tertiary/aromatic N) is 3. The Kier molecular flexibility index (Phi) is 7.22. The van der Waals surface area contributed by atoms with Crippen molar-refractivity contribution >= 4 is 55.6 Å². The fourth-order valence-corrected chi connectivity index (χ4v) is 8.94. The summed E-state index contributed by atoms with van der Waals surface area (Å²) in [6, 6.07) is 24.6.